The van der Waals surface area contributed by atoms with Crippen LogP contribution in [0.4, 0.5) is 0 Å². The maximum absolute atomic E-state index is 10.2. The van der Waals surface area contributed by atoms with E-state index in [0.717, 1.165) is 12.8 Å². The Morgan fingerprint density at radius 3 is 1.20 bits per heavy atom. The topological polar surface area (TPSA) is 97.9 Å². The summed E-state index contributed by atoms with van der Waals surface area (Å²) in [5, 5.41) is 0. The molecule has 7 heteroatoms. The van der Waals surface area contributed by atoms with Crippen LogP contribution >= 0.6 is 0 Å². The van der Waals surface area contributed by atoms with E-state index in [2.05, 4.69) is 11.1 Å². The van der Waals surface area contributed by atoms with Crippen LogP contribution in [0.3, 0.4) is 0 Å². The zero-order valence-corrected chi connectivity index (χ0v) is 19.4. The van der Waals surface area contributed by atoms with Crippen molar-refractivity contribution in [2.24, 2.45) is 0 Å². The van der Waals surface area contributed by atoms with Gasteiger partial charge < -0.3 is 10.0 Å². The summed E-state index contributed by atoms with van der Waals surface area (Å²) in [4.78, 5) is 0. The molecule has 2 N–H and O–H groups in total. The Labute approximate surface area is 178 Å². The summed E-state index contributed by atoms with van der Waals surface area (Å²) in [5.41, 5.74) is 0. The van der Waals surface area contributed by atoms with Crippen molar-refractivity contribution in [1.29, 1.82) is 0 Å². The van der Waals surface area contributed by atoms with Crippen LogP contribution in [0.25, 0.3) is 0 Å². The average molecular weight is 391 g/mol. The quantitative estimate of drug-likeness (QED) is 0.154. The van der Waals surface area contributed by atoms with Crippen molar-refractivity contribution < 1.29 is 52.2 Å². The predicted octanol–water partition coefficient (Wildman–Crippen LogP) is 1.90. The molecule has 0 atom stereocenters. The smallest absolute Gasteiger partial charge is 0.726 e. The second kappa shape index (κ2) is 22.9. The van der Waals surface area contributed by atoms with Crippen molar-refractivity contribution >= 4 is 10.4 Å². The molecule has 0 unspecified atom stereocenters. The Balaban J connectivity index is -0.00000242. The first-order chi connectivity index (χ1) is 11.1. The van der Waals surface area contributed by atoms with E-state index in [1.54, 1.807) is 0 Å². The Bertz CT molecular complexity index is 336. The van der Waals surface area contributed by atoms with E-state index in [4.69, 9.17) is 0 Å². The van der Waals surface area contributed by atoms with E-state index in [1.165, 1.54) is 83.5 Å². The maximum Gasteiger partial charge on any atom is 1.00 e. The SMILES string of the molecule is CCCCCCCCCCCCCCCCCCOS(=O)(=O)[O-].O.[Na+]. The monoisotopic (exact) mass is 390 g/mol. The van der Waals surface area contributed by atoms with Crippen LogP contribution in [0.15, 0.2) is 0 Å². The van der Waals surface area contributed by atoms with Crippen molar-refractivity contribution in [1.82, 2.24) is 0 Å². The van der Waals surface area contributed by atoms with E-state index in [9.17, 15) is 13.0 Å². The average Bonchev–Trinajstić information content (AvgIpc) is 2.49. The van der Waals surface area contributed by atoms with Gasteiger partial charge in [0.2, 0.25) is 10.4 Å². The third-order valence-electron chi connectivity index (χ3n) is 4.23. The minimum Gasteiger partial charge on any atom is -0.726 e. The van der Waals surface area contributed by atoms with Gasteiger partial charge in [-0.25, -0.2) is 8.42 Å². The molecule has 0 heterocycles. The fraction of sp³-hybridized carbons (Fsp3) is 1.00. The van der Waals surface area contributed by atoms with Crippen molar-refractivity contribution in [3.63, 3.8) is 0 Å². The second-order valence-electron chi connectivity index (χ2n) is 6.53. The Hall–Kier alpha value is 0.830. The number of hydrogen-bond donors (Lipinski definition) is 0. The molecule has 0 saturated heterocycles. The standard InChI is InChI=1S/C18H38O4S.Na.H2O/c1-2-3-4-5-6-7-8-9-10-11-12-13-14-15-16-17-18-22-23(19,20)21;;/h2-18H2,1H3,(H,19,20,21);;1H2/q;+1;/p-1. The molecule has 25 heavy (non-hydrogen) atoms. The number of hydrogen-bond acceptors (Lipinski definition) is 4. The fourth-order valence-electron chi connectivity index (χ4n) is 2.81. The summed E-state index contributed by atoms with van der Waals surface area (Å²) in [6.07, 6.45) is 20.3. The van der Waals surface area contributed by atoms with Gasteiger partial charge >= 0.3 is 29.6 Å². The van der Waals surface area contributed by atoms with Crippen LogP contribution in [0, 0.1) is 0 Å². The van der Waals surface area contributed by atoms with Gasteiger partial charge in [-0.1, -0.05) is 103 Å². The molecular formula is C18H39NaO5S. The molecule has 0 amide bonds. The van der Waals surface area contributed by atoms with Crippen molar-refractivity contribution in [3.8, 4) is 0 Å². The molecule has 0 aliphatic rings. The van der Waals surface area contributed by atoms with Crippen LogP contribution < -0.4 is 29.6 Å². The predicted molar refractivity (Wildman–Crippen MR) is 98.8 cm³/mol. The fourth-order valence-corrected chi connectivity index (χ4v) is 3.13. The normalized spacial score (nSPS) is 11.0. The van der Waals surface area contributed by atoms with E-state index in [1.807, 2.05) is 0 Å². The molecule has 5 nitrogen and oxygen atoms in total. The first-order valence-corrected chi connectivity index (χ1v) is 11.0. The first kappa shape index (κ1) is 30.6. The van der Waals surface area contributed by atoms with E-state index in [-0.39, 0.29) is 41.6 Å². The minimum atomic E-state index is -4.49. The van der Waals surface area contributed by atoms with Crippen LogP contribution in [0.1, 0.15) is 110 Å². The van der Waals surface area contributed by atoms with Crippen LogP contribution in [-0.4, -0.2) is 25.1 Å². The summed E-state index contributed by atoms with van der Waals surface area (Å²) in [5.74, 6) is 0. The van der Waals surface area contributed by atoms with Gasteiger partial charge in [0.15, 0.2) is 0 Å². The van der Waals surface area contributed by atoms with Gasteiger partial charge in [0.05, 0.1) is 6.61 Å². The van der Waals surface area contributed by atoms with E-state index < -0.39 is 10.4 Å². The van der Waals surface area contributed by atoms with E-state index >= 15 is 0 Å². The largest absolute Gasteiger partial charge is 1.00 e. The molecule has 0 aromatic carbocycles. The van der Waals surface area contributed by atoms with Crippen LogP contribution in [0.5, 0.6) is 0 Å². The molecule has 0 aromatic rings. The molecule has 0 aliphatic heterocycles. The number of rotatable bonds is 18. The van der Waals surface area contributed by atoms with Crippen molar-refractivity contribution in [2.75, 3.05) is 6.61 Å². The van der Waals surface area contributed by atoms with Gasteiger partial charge in [-0.05, 0) is 6.42 Å². The molecule has 0 spiro atoms. The molecule has 0 rings (SSSR count). The molecule has 148 valence electrons. The summed E-state index contributed by atoms with van der Waals surface area (Å²) in [6.45, 7) is 2.29. The van der Waals surface area contributed by atoms with Crippen molar-refractivity contribution in [2.45, 2.75) is 110 Å². The Morgan fingerprint density at radius 2 is 0.920 bits per heavy atom. The minimum absolute atomic E-state index is 0. The molecular weight excluding hydrogens is 351 g/mol. The van der Waals surface area contributed by atoms with E-state index in [0.29, 0.717) is 6.42 Å². The molecule has 0 radical (unpaired) electrons. The van der Waals surface area contributed by atoms with Crippen LogP contribution in [0.2, 0.25) is 0 Å². The summed E-state index contributed by atoms with van der Waals surface area (Å²) >= 11 is 0. The summed E-state index contributed by atoms with van der Waals surface area (Å²) in [7, 11) is -4.49. The van der Waals surface area contributed by atoms with Crippen molar-refractivity contribution in [3.05, 3.63) is 0 Å². The number of unbranched alkanes of at least 4 members (excludes halogenated alkanes) is 15. The van der Waals surface area contributed by atoms with Gasteiger partial charge in [-0.3, -0.25) is 4.18 Å². The summed E-state index contributed by atoms with van der Waals surface area (Å²) < 4.78 is 34.8. The van der Waals surface area contributed by atoms with Gasteiger partial charge in [0.25, 0.3) is 0 Å². The Morgan fingerprint density at radius 1 is 0.640 bits per heavy atom. The molecule has 0 aromatic heterocycles. The zero-order valence-electron chi connectivity index (χ0n) is 16.6. The first-order valence-electron chi connectivity index (χ1n) is 9.66. The molecule has 0 aliphatic carbocycles. The van der Waals surface area contributed by atoms with Gasteiger partial charge in [-0.2, -0.15) is 0 Å². The summed E-state index contributed by atoms with van der Waals surface area (Å²) in [6, 6.07) is 0. The zero-order chi connectivity index (χ0) is 17.2. The second-order valence-corrected chi connectivity index (χ2v) is 7.59. The maximum atomic E-state index is 10.2. The van der Waals surface area contributed by atoms with Gasteiger partial charge in [0, 0.05) is 0 Å². The molecule has 0 bridgehead atoms. The third-order valence-corrected chi connectivity index (χ3v) is 4.68. The molecule has 0 saturated carbocycles. The Kier molecular flexibility index (Phi) is 28.0. The molecule has 0 fully saturated rings. The van der Waals surface area contributed by atoms with Gasteiger partial charge in [0.1, 0.15) is 0 Å². The van der Waals surface area contributed by atoms with Crippen LogP contribution in [-0.2, 0) is 14.6 Å². The van der Waals surface area contributed by atoms with Gasteiger partial charge in [-0.15, -0.1) is 0 Å². The third kappa shape index (κ3) is 29.8.